The van der Waals surface area contributed by atoms with Gasteiger partial charge in [0.25, 0.3) is 0 Å². The van der Waals surface area contributed by atoms with Crippen LogP contribution in [0.2, 0.25) is 0 Å². The quantitative estimate of drug-likeness (QED) is 0.837. The van der Waals surface area contributed by atoms with E-state index in [1.54, 1.807) is 18.3 Å². The molecule has 102 valence electrons. The summed E-state index contributed by atoms with van der Waals surface area (Å²) in [4.78, 5) is 0. The number of nitrogens with one attached hydrogen (secondary N) is 1. The van der Waals surface area contributed by atoms with Gasteiger partial charge in [0.2, 0.25) is 0 Å². The van der Waals surface area contributed by atoms with E-state index in [4.69, 9.17) is 4.74 Å². The molecule has 1 unspecified atom stereocenters. The average Bonchev–Trinajstić information content (AvgIpc) is 2.48. The lowest BCUT2D eigenvalue weighted by Gasteiger charge is -2.33. The Balaban J connectivity index is 1.74. The molecule has 1 aliphatic carbocycles. The Morgan fingerprint density at radius 1 is 1.11 bits per heavy atom. The highest BCUT2D eigenvalue weighted by atomic mass is 16.5. The minimum absolute atomic E-state index is 0.567. The summed E-state index contributed by atoms with van der Waals surface area (Å²) in [6.45, 7) is 1.15. The lowest BCUT2D eigenvalue weighted by Crippen LogP contribution is -2.39. The number of ether oxygens (including phenoxy) is 1. The van der Waals surface area contributed by atoms with Crippen LogP contribution in [0.4, 0.5) is 0 Å². The fourth-order valence-corrected chi connectivity index (χ4v) is 3.41. The van der Waals surface area contributed by atoms with Gasteiger partial charge in [-0.3, -0.25) is 0 Å². The van der Waals surface area contributed by atoms with Crippen molar-refractivity contribution in [2.45, 2.75) is 44.6 Å². The van der Waals surface area contributed by atoms with Gasteiger partial charge in [-0.2, -0.15) is 0 Å². The number of benzene rings is 1. The van der Waals surface area contributed by atoms with Crippen LogP contribution in [0.25, 0.3) is 0 Å². The van der Waals surface area contributed by atoms with E-state index >= 15 is 0 Å². The summed E-state index contributed by atoms with van der Waals surface area (Å²) >= 11 is 0. The first-order valence-electron chi connectivity index (χ1n) is 7.44. The highest BCUT2D eigenvalue weighted by Gasteiger charge is 2.24. The van der Waals surface area contributed by atoms with Gasteiger partial charge < -0.3 is 10.1 Å². The van der Waals surface area contributed by atoms with Crippen molar-refractivity contribution in [2.75, 3.05) is 13.7 Å². The van der Waals surface area contributed by atoms with Crippen LogP contribution < -0.4 is 10.1 Å². The predicted molar refractivity (Wildman–Crippen MR) is 78.6 cm³/mol. The summed E-state index contributed by atoms with van der Waals surface area (Å²) in [5.41, 5.74) is 4.87. The Labute approximate surface area is 115 Å². The van der Waals surface area contributed by atoms with Crippen LogP contribution in [0.15, 0.2) is 35.4 Å². The summed E-state index contributed by atoms with van der Waals surface area (Å²) in [5.74, 6) is 0.943. The van der Waals surface area contributed by atoms with Gasteiger partial charge in [0, 0.05) is 6.04 Å². The Morgan fingerprint density at radius 2 is 1.89 bits per heavy atom. The maximum atomic E-state index is 5.22. The molecule has 1 atom stereocenters. The molecule has 19 heavy (non-hydrogen) atoms. The molecule has 1 aromatic carbocycles. The zero-order valence-electron chi connectivity index (χ0n) is 11.7. The largest absolute Gasteiger partial charge is 0.497 e. The van der Waals surface area contributed by atoms with Crippen LogP contribution in [-0.2, 0) is 6.42 Å². The van der Waals surface area contributed by atoms with Crippen molar-refractivity contribution >= 4 is 0 Å². The van der Waals surface area contributed by atoms with Crippen LogP contribution in [0.5, 0.6) is 5.75 Å². The Morgan fingerprint density at radius 3 is 2.68 bits per heavy atom. The summed E-state index contributed by atoms with van der Waals surface area (Å²) in [6, 6.07) is 9.08. The third-order valence-corrected chi connectivity index (χ3v) is 4.47. The predicted octanol–water partition coefficient (Wildman–Crippen LogP) is 3.47. The van der Waals surface area contributed by atoms with Gasteiger partial charge in [0.15, 0.2) is 0 Å². The number of hydrogen-bond acceptors (Lipinski definition) is 2. The molecule has 2 nitrogen and oxygen atoms in total. The van der Waals surface area contributed by atoms with Crippen molar-refractivity contribution in [3.8, 4) is 5.75 Å². The topological polar surface area (TPSA) is 21.3 Å². The molecule has 1 aliphatic heterocycles. The zero-order valence-corrected chi connectivity index (χ0v) is 11.7. The van der Waals surface area contributed by atoms with Crippen molar-refractivity contribution in [3.63, 3.8) is 0 Å². The fraction of sp³-hybridized carbons (Fsp3) is 0.529. The van der Waals surface area contributed by atoms with E-state index in [2.05, 4.69) is 29.6 Å². The molecule has 0 saturated heterocycles. The molecule has 2 heteroatoms. The van der Waals surface area contributed by atoms with Crippen LogP contribution >= 0.6 is 0 Å². The molecule has 0 spiro atoms. The Kier molecular flexibility index (Phi) is 3.88. The van der Waals surface area contributed by atoms with Crippen molar-refractivity contribution in [2.24, 2.45) is 0 Å². The fourth-order valence-electron chi connectivity index (χ4n) is 3.41. The number of methoxy groups -OCH3 is 1. The minimum Gasteiger partial charge on any atom is -0.497 e. The molecule has 1 aromatic rings. The molecule has 0 bridgehead atoms. The average molecular weight is 257 g/mol. The molecule has 3 rings (SSSR count). The molecule has 1 N–H and O–H groups in total. The van der Waals surface area contributed by atoms with Crippen LogP contribution in [0.1, 0.15) is 37.7 Å². The lowest BCUT2D eigenvalue weighted by molar-refractivity contribution is 0.414. The highest BCUT2D eigenvalue weighted by Crippen LogP contribution is 2.32. The van der Waals surface area contributed by atoms with Gasteiger partial charge in [0.1, 0.15) is 5.75 Å². The van der Waals surface area contributed by atoms with Crippen molar-refractivity contribution in [1.82, 2.24) is 5.32 Å². The monoisotopic (exact) mass is 257 g/mol. The first-order valence-corrected chi connectivity index (χ1v) is 7.44. The molecule has 0 saturated carbocycles. The first-order chi connectivity index (χ1) is 9.36. The smallest absolute Gasteiger partial charge is 0.118 e. The molecule has 2 aliphatic rings. The first kappa shape index (κ1) is 12.7. The van der Waals surface area contributed by atoms with Crippen molar-refractivity contribution < 1.29 is 4.74 Å². The van der Waals surface area contributed by atoms with Gasteiger partial charge in [-0.15, -0.1) is 0 Å². The Hall–Kier alpha value is -1.28. The van der Waals surface area contributed by atoms with Crippen LogP contribution in [-0.4, -0.2) is 19.7 Å². The zero-order chi connectivity index (χ0) is 13.1. The van der Waals surface area contributed by atoms with Gasteiger partial charge >= 0.3 is 0 Å². The lowest BCUT2D eigenvalue weighted by atomic mass is 9.81. The van der Waals surface area contributed by atoms with E-state index in [0.717, 1.165) is 18.7 Å². The van der Waals surface area contributed by atoms with E-state index < -0.39 is 0 Å². The molecular formula is C17H23NO. The summed E-state index contributed by atoms with van der Waals surface area (Å²) in [7, 11) is 1.72. The molecule has 0 aromatic heterocycles. The number of hydrogen-bond donors (Lipinski definition) is 1. The molecule has 0 fully saturated rings. The third kappa shape index (κ3) is 2.84. The van der Waals surface area contributed by atoms with Gasteiger partial charge in [-0.05, 0) is 62.8 Å². The van der Waals surface area contributed by atoms with E-state index in [9.17, 15) is 0 Å². The second kappa shape index (κ2) is 5.79. The second-order valence-electron chi connectivity index (χ2n) is 5.64. The second-order valence-corrected chi connectivity index (χ2v) is 5.64. The maximum absolute atomic E-state index is 5.22. The SMILES string of the molecule is COc1ccc(CC2NCCC3=C2CCCC3)cc1. The summed E-state index contributed by atoms with van der Waals surface area (Å²) in [6.07, 6.45) is 7.81. The van der Waals surface area contributed by atoms with E-state index in [0.29, 0.717) is 6.04 Å². The van der Waals surface area contributed by atoms with Crippen LogP contribution in [0.3, 0.4) is 0 Å². The summed E-state index contributed by atoms with van der Waals surface area (Å²) < 4.78 is 5.22. The number of rotatable bonds is 3. The van der Waals surface area contributed by atoms with Crippen molar-refractivity contribution in [3.05, 3.63) is 41.0 Å². The standard InChI is InChI=1S/C17H23NO/c1-19-15-8-6-13(7-9-15)12-17-16-5-3-2-4-14(16)10-11-18-17/h6-9,17-18H,2-5,10-12H2,1H3. The van der Waals surface area contributed by atoms with Gasteiger partial charge in [-0.1, -0.05) is 23.3 Å². The highest BCUT2D eigenvalue weighted by molar-refractivity contribution is 5.31. The molecule has 0 radical (unpaired) electrons. The van der Waals surface area contributed by atoms with Crippen molar-refractivity contribution in [1.29, 1.82) is 0 Å². The Bertz CT molecular complexity index is 457. The van der Waals surface area contributed by atoms with Gasteiger partial charge in [0.05, 0.1) is 7.11 Å². The van der Waals surface area contributed by atoms with Crippen LogP contribution in [0, 0.1) is 0 Å². The minimum atomic E-state index is 0.567. The maximum Gasteiger partial charge on any atom is 0.118 e. The third-order valence-electron chi connectivity index (χ3n) is 4.47. The molecule has 0 amide bonds. The molecular weight excluding hydrogens is 234 g/mol. The normalized spacial score (nSPS) is 23.1. The van der Waals surface area contributed by atoms with E-state index in [-0.39, 0.29) is 0 Å². The van der Waals surface area contributed by atoms with Gasteiger partial charge in [-0.25, -0.2) is 0 Å². The van der Waals surface area contributed by atoms with E-state index in [1.807, 2.05) is 0 Å². The summed E-state index contributed by atoms with van der Waals surface area (Å²) in [5, 5.41) is 3.71. The molecule has 1 heterocycles. The van der Waals surface area contributed by atoms with E-state index in [1.165, 1.54) is 37.7 Å².